The van der Waals surface area contributed by atoms with Crippen molar-refractivity contribution in [2.45, 2.75) is 13.0 Å². The summed E-state index contributed by atoms with van der Waals surface area (Å²) in [5.41, 5.74) is 1.02. The maximum Gasteiger partial charge on any atom is 0.335 e. The second-order valence-electron chi connectivity index (χ2n) is 4.76. The lowest BCUT2D eigenvalue weighted by Crippen LogP contribution is -2.31. The van der Waals surface area contributed by atoms with Crippen molar-refractivity contribution in [3.8, 4) is 0 Å². The van der Waals surface area contributed by atoms with E-state index in [0.29, 0.717) is 13.1 Å². The van der Waals surface area contributed by atoms with Gasteiger partial charge in [0.2, 0.25) is 5.91 Å². The molecule has 6 heteroatoms. The molecule has 2 rings (SSSR count). The smallest absolute Gasteiger partial charge is 0.335 e. The number of carboxylic acids is 1. The van der Waals surface area contributed by atoms with Crippen molar-refractivity contribution in [1.82, 2.24) is 14.7 Å². The van der Waals surface area contributed by atoms with Gasteiger partial charge in [0.1, 0.15) is 0 Å². The van der Waals surface area contributed by atoms with Crippen LogP contribution in [0.15, 0.2) is 42.7 Å². The average Bonchev–Trinajstić information content (AvgIpc) is 2.98. The Morgan fingerprint density at radius 1 is 1.29 bits per heavy atom. The van der Waals surface area contributed by atoms with E-state index >= 15 is 0 Å². The minimum Gasteiger partial charge on any atom is -0.478 e. The molecular formula is C15H17N3O3. The van der Waals surface area contributed by atoms with E-state index < -0.39 is 5.97 Å². The third-order valence-electron chi connectivity index (χ3n) is 3.21. The Hall–Kier alpha value is -2.63. The summed E-state index contributed by atoms with van der Waals surface area (Å²) in [5, 5.41) is 12.9. The van der Waals surface area contributed by atoms with E-state index in [2.05, 4.69) is 5.10 Å². The number of hydrogen-bond acceptors (Lipinski definition) is 3. The largest absolute Gasteiger partial charge is 0.478 e. The van der Waals surface area contributed by atoms with Crippen molar-refractivity contribution in [3.63, 3.8) is 0 Å². The summed E-state index contributed by atoms with van der Waals surface area (Å²) in [5.74, 6) is -0.977. The molecule has 0 unspecified atom stereocenters. The fourth-order valence-electron chi connectivity index (χ4n) is 1.88. The molecule has 0 saturated carbocycles. The van der Waals surface area contributed by atoms with Crippen LogP contribution in [0, 0.1) is 0 Å². The number of aromatic carboxylic acids is 1. The summed E-state index contributed by atoms with van der Waals surface area (Å²) in [6.07, 6.45) is 3.81. The molecule has 0 aliphatic carbocycles. The zero-order valence-corrected chi connectivity index (χ0v) is 11.8. The lowest BCUT2D eigenvalue weighted by Gasteiger charge is -2.17. The molecule has 6 nitrogen and oxygen atoms in total. The molecule has 1 heterocycles. The Bertz CT molecular complexity index is 606. The summed E-state index contributed by atoms with van der Waals surface area (Å²) in [6.45, 7) is 1.22. The Balaban J connectivity index is 1.86. The highest BCUT2D eigenvalue weighted by atomic mass is 16.4. The van der Waals surface area contributed by atoms with Crippen LogP contribution in [0.4, 0.5) is 0 Å². The molecule has 0 bridgehead atoms. The third-order valence-corrected chi connectivity index (χ3v) is 3.21. The second kappa shape index (κ2) is 6.69. The van der Waals surface area contributed by atoms with Crippen molar-refractivity contribution < 1.29 is 14.7 Å². The minimum atomic E-state index is -0.968. The molecule has 1 N–H and O–H groups in total. The van der Waals surface area contributed by atoms with Crippen LogP contribution in [0.1, 0.15) is 15.9 Å². The lowest BCUT2D eigenvalue weighted by atomic mass is 10.1. The van der Waals surface area contributed by atoms with Crippen LogP contribution in [-0.2, 0) is 17.8 Å². The Labute approximate surface area is 122 Å². The Kier molecular flexibility index (Phi) is 4.71. The number of amides is 1. The summed E-state index contributed by atoms with van der Waals surface area (Å²) in [7, 11) is 1.75. The first-order valence-corrected chi connectivity index (χ1v) is 6.60. The lowest BCUT2D eigenvalue weighted by molar-refractivity contribution is -0.129. The van der Waals surface area contributed by atoms with Gasteiger partial charge in [-0.2, -0.15) is 5.10 Å². The van der Waals surface area contributed by atoms with Gasteiger partial charge in [-0.15, -0.1) is 0 Å². The van der Waals surface area contributed by atoms with Crippen molar-refractivity contribution >= 4 is 11.9 Å². The molecule has 0 atom stereocenters. The van der Waals surface area contributed by atoms with Crippen LogP contribution in [0.25, 0.3) is 0 Å². The van der Waals surface area contributed by atoms with Gasteiger partial charge in [0.15, 0.2) is 0 Å². The molecule has 0 spiro atoms. The van der Waals surface area contributed by atoms with E-state index in [1.54, 1.807) is 35.0 Å². The predicted molar refractivity (Wildman–Crippen MR) is 77.0 cm³/mol. The van der Waals surface area contributed by atoms with Crippen LogP contribution in [0.5, 0.6) is 0 Å². The van der Waals surface area contributed by atoms with Crippen molar-refractivity contribution in [2.75, 3.05) is 13.6 Å². The molecule has 0 aliphatic rings. The topological polar surface area (TPSA) is 75.4 Å². The standard InChI is InChI=1S/C15H17N3O3/c1-17(9-10-18-8-2-7-16-18)14(19)11-12-3-5-13(6-4-12)15(20)21/h2-8H,9-11H2,1H3,(H,20,21). The highest BCUT2D eigenvalue weighted by molar-refractivity contribution is 5.87. The predicted octanol–water partition coefficient (Wildman–Crippen LogP) is 1.28. The van der Waals surface area contributed by atoms with E-state index in [1.807, 2.05) is 12.3 Å². The summed E-state index contributed by atoms with van der Waals surface area (Å²) in [4.78, 5) is 24.5. The average molecular weight is 287 g/mol. The fourth-order valence-corrected chi connectivity index (χ4v) is 1.88. The van der Waals surface area contributed by atoms with Gasteiger partial charge in [-0.3, -0.25) is 9.48 Å². The molecule has 21 heavy (non-hydrogen) atoms. The van der Waals surface area contributed by atoms with E-state index in [-0.39, 0.29) is 17.9 Å². The van der Waals surface area contributed by atoms with Gasteiger partial charge in [-0.25, -0.2) is 4.79 Å². The highest BCUT2D eigenvalue weighted by Gasteiger charge is 2.10. The maximum absolute atomic E-state index is 12.1. The third kappa shape index (κ3) is 4.17. The monoisotopic (exact) mass is 287 g/mol. The van der Waals surface area contributed by atoms with Crippen molar-refractivity contribution in [3.05, 3.63) is 53.9 Å². The van der Waals surface area contributed by atoms with E-state index in [1.165, 1.54) is 12.1 Å². The number of nitrogens with zero attached hydrogens (tertiary/aromatic N) is 3. The SMILES string of the molecule is CN(CCn1cccn1)C(=O)Cc1ccc(C(=O)O)cc1. The number of carbonyl (C=O) groups is 2. The molecule has 0 radical (unpaired) electrons. The highest BCUT2D eigenvalue weighted by Crippen LogP contribution is 2.06. The molecule has 2 aromatic rings. The number of carboxylic acid groups (broad SMARTS) is 1. The molecular weight excluding hydrogens is 270 g/mol. The molecule has 110 valence electrons. The van der Waals surface area contributed by atoms with Gasteiger partial charge in [-0.1, -0.05) is 12.1 Å². The van der Waals surface area contributed by atoms with Gasteiger partial charge >= 0.3 is 5.97 Å². The fraction of sp³-hybridized carbons (Fsp3) is 0.267. The van der Waals surface area contributed by atoms with E-state index in [4.69, 9.17) is 5.11 Å². The Morgan fingerprint density at radius 2 is 2.00 bits per heavy atom. The molecule has 1 amide bonds. The number of carbonyl (C=O) groups excluding carboxylic acids is 1. The van der Waals surface area contributed by atoms with E-state index in [9.17, 15) is 9.59 Å². The van der Waals surface area contributed by atoms with Crippen molar-refractivity contribution in [2.24, 2.45) is 0 Å². The van der Waals surface area contributed by atoms with Crippen LogP contribution in [0.2, 0.25) is 0 Å². The van der Waals surface area contributed by atoms with Gasteiger partial charge in [0.25, 0.3) is 0 Å². The number of rotatable bonds is 6. The molecule has 0 aliphatic heterocycles. The number of benzene rings is 1. The van der Waals surface area contributed by atoms with Crippen LogP contribution >= 0.6 is 0 Å². The normalized spacial score (nSPS) is 10.3. The number of hydrogen-bond donors (Lipinski definition) is 1. The van der Waals surface area contributed by atoms with Gasteiger partial charge < -0.3 is 10.0 Å². The van der Waals surface area contributed by atoms with Gasteiger partial charge in [0, 0.05) is 26.0 Å². The van der Waals surface area contributed by atoms with Crippen LogP contribution in [0.3, 0.4) is 0 Å². The first-order chi connectivity index (χ1) is 10.1. The summed E-state index contributed by atoms with van der Waals surface area (Å²) >= 11 is 0. The number of aromatic nitrogens is 2. The molecule has 0 fully saturated rings. The number of likely N-dealkylation sites (N-methyl/N-ethyl adjacent to an activating group) is 1. The molecule has 1 aromatic heterocycles. The Morgan fingerprint density at radius 3 is 2.57 bits per heavy atom. The summed E-state index contributed by atoms with van der Waals surface area (Å²) < 4.78 is 1.77. The zero-order chi connectivity index (χ0) is 15.2. The zero-order valence-electron chi connectivity index (χ0n) is 11.8. The van der Waals surface area contributed by atoms with Gasteiger partial charge in [0.05, 0.1) is 18.5 Å². The minimum absolute atomic E-state index is 0.00905. The van der Waals surface area contributed by atoms with Crippen LogP contribution < -0.4 is 0 Å². The molecule has 1 aromatic carbocycles. The first-order valence-electron chi connectivity index (χ1n) is 6.60. The molecule has 0 saturated heterocycles. The first kappa shape index (κ1) is 14.8. The van der Waals surface area contributed by atoms with E-state index in [0.717, 1.165) is 5.56 Å². The van der Waals surface area contributed by atoms with Crippen LogP contribution in [-0.4, -0.2) is 45.3 Å². The van der Waals surface area contributed by atoms with Crippen molar-refractivity contribution in [1.29, 1.82) is 0 Å². The van der Waals surface area contributed by atoms with Gasteiger partial charge in [-0.05, 0) is 23.8 Å². The summed E-state index contributed by atoms with van der Waals surface area (Å²) in [6, 6.07) is 8.20. The quantitative estimate of drug-likeness (QED) is 0.868. The second-order valence-corrected chi connectivity index (χ2v) is 4.76. The maximum atomic E-state index is 12.1.